The maximum Gasteiger partial charge on any atom is 0.416 e. The predicted octanol–water partition coefficient (Wildman–Crippen LogP) is 4.75. The van der Waals surface area contributed by atoms with Gasteiger partial charge in [-0.3, -0.25) is 9.78 Å². The van der Waals surface area contributed by atoms with E-state index in [2.05, 4.69) is 15.6 Å². The second-order valence-corrected chi connectivity index (χ2v) is 7.64. The van der Waals surface area contributed by atoms with E-state index in [0.717, 1.165) is 17.7 Å². The number of pyridine rings is 1. The Kier molecular flexibility index (Phi) is 7.40. The van der Waals surface area contributed by atoms with Gasteiger partial charge in [0.2, 0.25) is 5.91 Å². The summed E-state index contributed by atoms with van der Waals surface area (Å²) >= 11 is 6.37. The molecule has 0 spiro atoms. The third-order valence-corrected chi connectivity index (χ3v) is 5.19. The summed E-state index contributed by atoms with van der Waals surface area (Å²) in [4.78, 5) is 30.1. The Labute approximate surface area is 188 Å². The standard InChI is InChI=1S/C22H22ClF3N4O2/c1-2-27-19(31)12-14-11-18(23)20(28-13-14)15-7-9-30(10-8-15)21(32)29-17-5-3-16(4-6-17)22(24,25)26/h3-7,11,13H,2,8-10,12H2,1H3,(H,27,31)(H,29,32). The number of halogens is 4. The molecule has 0 unspecified atom stereocenters. The Hall–Kier alpha value is -3.07. The molecule has 2 aromatic rings. The molecule has 2 N–H and O–H groups in total. The summed E-state index contributed by atoms with van der Waals surface area (Å²) in [5.41, 5.74) is 1.71. The SMILES string of the molecule is CCNC(=O)Cc1cnc(C2=CCN(C(=O)Nc3ccc(C(F)(F)F)cc3)CC2)c(Cl)c1. The smallest absolute Gasteiger partial charge is 0.356 e. The number of likely N-dealkylation sites (N-methyl/N-ethyl adjacent to an activating group) is 1. The zero-order valence-corrected chi connectivity index (χ0v) is 18.1. The number of amides is 3. The highest BCUT2D eigenvalue weighted by Crippen LogP contribution is 2.30. The van der Waals surface area contributed by atoms with E-state index in [0.29, 0.717) is 42.3 Å². The van der Waals surface area contributed by atoms with Crippen molar-refractivity contribution in [3.8, 4) is 0 Å². The predicted molar refractivity (Wildman–Crippen MR) is 116 cm³/mol. The minimum Gasteiger partial charge on any atom is -0.356 e. The summed E-state index contributed by atoms with van der Waals surface area (Å²) in [6.45, 7) is 3.10. The van der Waals surface area contributed by atoms with Crippen LogP contribution in [0.2, 0.25) is 5.02 Å². The summed E-state index contributed by atoms with van der Waals surface area (Å²) in [6.07, 6.45) is -0.263. The maximum atomic E-state index is 12.7. The molecule has 3 amide bonds. The lowest BCUT2D eigenvalue weighted by Crippen LogP contribution is -2.38. The highest BCUT2D eigenvalue weighted by molar-refractivity contribution is 6.32. The average Bonchev–Trinajstić information content (AvgIpc) is 2.74. The molecular weight excluding hydrogens is 445 g/mol. The number of carbonyl (C=O) groups is 2. The summed E-state index contributed by atoms with van der Waals surface area (Å²) < 4.78 is 38.0. The number of urea groups is 1. The lowest BCUT2D eigenvalue weighted by atomic mass is 10.0. The number of nitrogens with zero attached hydrogens (tertiary/aromatic N) is 2. The first-order valence-electron chi connectivity index (χ1n) is 10.0. The molecule has 1 aromatic heterocycles. The van der Waals surface area contributed by atoms with Crippen molar-refractivity contribution < 1.29 is 22.8 Å². The normalized spacial score (nSPS) is 14.0. The van der Waals surface area contributed by atoms with Crippen LogP contribution in [0.4, 0.5) is 23.7 Å². The van der Waals surface area contributed by atoms with E-state index in [1.165, 1.54) is 12.1 Å². The Balaban J connectivity index is 1.60. The molecule has 0 saturated carbocycles. The molecule has 0 aliphatic carbocycles. The van der Waals surface area contributed by atoms with Crippen LogP contribution in [0, 0.1) is 0 Å². The van der Waals surface area contributed by atoms with Crippen LogP contribution in [0.25, 0.3) is 5.57 Å². The van der Waals surface area contributed by atoms with Gasteiger partial charge in [0.15, 0.2) is 0 Å². The summed E-state index contributed by atoms with van der Waals surface area (Å²) in [5.74, 6) is -0.107. The van der Waals surface area contributed by atoms with Crippen LogP contribution in [0.1, 0.15) is 30.2 Å². The quantitative estimate of drug-likeness (QED) is 0.667. The number of benzene rings is 1. The van der Waals surface area contributed by atoms with Gasteiger partial charge in [0.1, 0.15) is 0 Å². The van der Waals surface area contributed by atoms with Crippen LogP contribution in [-0.2, 0) is 17.4 Å². The Morgan fingerprint density at radius 1 is 1.22 bits per heavy atom. The number of anilines is 1. The molecule has 170 valence electrons. The van der Waals surface area contributed by atoms with Crippen molar-refractivity contribution in [3.63, 3.8) is 0 Å². The molecule has 0 atom stereocenters. The monoisotopic (exact) mass is 466 g/mol. The van der Waals surface area contributed by atoms with Crippen LogP contribution in [0.3, 0.4) is 0 Å². The van der Waals surface area contributed by atoms with Crippen molar-refractivity contribution in [2.24, 2.45) is 0 Å². The number of rotatable bonds is 5. The number of nitrogens with one attached hydrogen (secondary N) is 2. The summed E-state index contributed by atoms with van der Waals surface area (Å²) in [6, 6.07) is 5.59. The van der Waals surface area contributed by atoms with Crippen LogP contribution in [-0.4, -0.2) is 41.5 Å². The van der Waals surface area contributed by atoms with Gasteiger partial charge in [-0.25, -0.2) is 4.79 Å². The maximum absolute atomic E-state index is 12.7. The van der Waals surface area contributed by atoms with E-state index >= 15 is 0 Å². The van der Waals surface area contributed by atoms with Crippen molar-refractivity contribution >= 4 is 34.8 Å². The number of carbonyl (C=O) groups excluding carboxylic acids is 2. The van der Waals surface area contributed by atoms with Gasteiger partial charge in [-0.05, 0) is 54.8 Å². The molecule has 32 heavy (non-hydrogen) atoms. The zero-order chi connectivity index (χ0) is 23.3. The van der Waals surface area contributed by atoms with Crippen molar-refractivity contribution in [1.82, 2.24) is 15.2 Å². The highest BCUT2D eigenvalue weighted by Gasteiger charge is 2.30. The number of hydrogen-bond acceptors (Lipinski definition) is 3. The Morgan fingerprint density at radius 3 is 2.50 bits per heavy atom. The molecule has 2 heterocycles. The first-order chi connectivity index (χ1) is 15.2. The van der Waals surface area contributed by atoms with Crippen molar-refractivity contribution in [1.29, 1.82) is 0 Å². The minimum atomic E-state index is -4.42. The van der Waals surface area contributed by atoms with E-state index < -0.39 is 17.8 Å². The first-order valence-corrected chi connectivity index (χ1v) is 10.4. The lowest BCUT2D eigenvalue weighted by molar-refractivity contribution is -0.137. The summed E-state index contributed by atoms with van der Waals surface area (Å²) in [5, 5.41) is 5.75. The minimum absolute atomic E-state index is 0.107. The largest absolute Gasteiger partial charge is 0.416 e. The van der Waals surface area contributed by atoms with Gasteiger partial charge in [0, 0.05) is 31.5 Å². The van der Waals surface area contributed by atoms with E-state index in [1.807, 2.05) is 13.0 Å². The lowest BCUT2D eigenvalue weighted by Gasteiger charge is -2.27. The van der Waals surface area contributed by atoms with Crippen LogP contribution in [0.15, 0.2) is 42.6 Å². The van der Waals surface area contributed by atoms with Crippen LogP contribution in [0.5, 0.6) is 0 Å². The van der Waals surface area contributed by atoms with Crippen molar-refractivity contribution in [2.75, 3.05) is 25.0 Å². The van der Waals surface area contributed by atoms with E-state index in [9.17, 15) is 22.8 Å². The molecule has 3 rings (SSSR count). The van der Waals surface area contributed by atoms with E-state index in [4.69, 9.17) is 11.6 Å². The fourth-order valence-corrected chi connectivity index (χ4v) is 3.58. The number of alkyl halides is 3. The molecule has 0 fully saturated rings. The molecule has 10 heteroatoms. The van der Waals surface area contributed by atoms with Gasteiger partial charge in [-0.15, -0.1) is 0 Å². The van der Waals surface area contributed by atoms with Crippen LogP contribution < -0.4 is 10.6 Å². The fourth-order valence-electron chi connectivity index (χ4n) is 3.27. The van der Waals surface area contributed by atoms with E-state index in [-0.39, 0.29) is 18.0 Å². The molecule has 0 saturated heterocycles. The third-order valence-electron chi connectivity index (χ3n) is 4.90. The Bertz CT molecular complexity index is 1020. The van der Waals surface area contributed by atoms with Crippen LogP contribution >= 0.6 is 11.6 Å². The fraction of sp³-hybridized carbons (Fsp3) is 0.318. The second kappa shape index (κ2) is 10.0. The van der Waals surface area contributed by atoms with Gasteiger partial charge in [-0.1, -0.05) is 17.7 Å². The van der Waals surface area contributed by atoms with Crippen molar-refractivity contribution in [3.05, 3.63) is 64.4 Å². The first kappa shape index (κ1) is 23.6. The molecule has 1 aliphatic heterocycles. The van der Waals surface area contributed by atoms with Gasteiger partial charge in [0.25, 0.3) is 0 Å². The highest BCUT2D eigenvalue weighted by atomic mass is 35.5. The topological polar surface area (TPSA) is 74.3 Å². The van der Waals surface area contributed by atoms with Gasteiger partial charge in [-0.2, -0.15) is 13.2 Å². The van der Waals surface area contributed by atoms with Crippen molar-refractivity contribution in [2.45, 2.75) is 25.9 Å². The average molecular weight is 467 g/mol. The van der Waals surface area contributed by atoms with Gasteiger partial charge >= 0.3 is 12.2 Å². The number of aromatic nitrogens is 1. The van der Waals surface area contributed by atoms with E-state index in [1.54, 1.807) is 17.2 Å². The molecule has 6 nitrogen and oxygen atoms in total. The molecule has 0 radical (unpaired) electrons. The number of hydrogen-bond donors (Lipinski definition) is 2. The second-order valence-electron chi connectivity index (χ2n) is 7.23. The molecule has 0 bridgehead atoms. The molecule has 1 aromatic carbocycles. The third kappa shape index (κ3) is 6.00. The van der Waals surface area contributed by atoms with Gasteiger partial charge < -0.3 is 15.5 Å². The molecular formula is C22H22ClF3N4O2. The Morgan fingerprint density at radius 2 is 1.94 bits per heavy atom. The zero-order valence-electron chi connectivity index (χ0n) is 17.3. The van der Waals surface area contributed by atoms with Gasteiger partial charge in [0.05, 0.1) is 22.7 Å². The molecule has 1 aliphatic rings. The summed E-state index contributed by atoms with van der Waals surface area (Å²) in [7, 11) is 0.